The Morgan fingerprint density at radius 1 is 1.53 bits per heavy atom. The molecule has 3 N–H and O–H groups in total. The Labute approximate surface area is 91.1 Å². The van der Waals surface area contributed by atoms with E-state index in [1.54, 1.807) is 6.20 Å². The fraction of sp³-hybridized carbons (Fsp3) is 0.583. The molecule has 0 saturated heterocycles. The van der Waals surface area contributed by atoms with Gasteiger partial charge in [0.15, 0.2) is 0 Å². The first-order valence-corrected chi connectivity index (χ1v) is 5.58. The molecule has 3 nitrogen and oxygen atoms in total. The Hall–Kier alpha value is -1.25. The lowest BCUT2D eigenvalue weighted by molar-refractivity contribution is 0.380. The lowest BCUT2D eigenvalue weighted by Crippen LogP contribution is -2.20. The third-order valence-corrected chi connectivity index (χ3v) is 3.54. The van der Waals surface area contributed by atoms with E-state index >= 15 is 0 Å². The van der Waals surface area contributed by atoms with Crippen LogP contribution in [0.3, 0.4) is 0 Å². The van der Waals surface area contributed by atoms with Crippen molar-refractivity contribution in [3.05, 3.63) is 18.3 Å². The van der Waals surface area contributed by atoms with Crippen molar-refractivity contribution in [3.8, 4) is 0 Å². The monoisotopic (exact) mass is 205 g/mol. The number of nitrogen functional groups attached to an aromatic ring is 1. The van der Waals surface area contributed by atoms with Gasteiger partial charge in [-0.05, 0) is 30.2 Å². The van der Waals surface area contributed by atoms with Crippen molar-refractivity contribution in [1.82, 2.24) is 4.98 Å². The maximum Gasteiger partial charge on any atom is 0.125 e. The van der Waals surface area contributed by atoms with Gasteiger partial charge in [0.25, 0.3) is 0 Å². The van der Waals surface area contributed by atoms with Crippen LogP contribution in [-0.4, -0.2) is 11.5 Å². The van der Waals surface area contributed by atoms with Crippen molar-refractivity contribution in [3.63, 3.8) is 0 Å². The maximum absolute atomic E-state index is 5.62. The van der Waals surface area contributed by atoms with Crippen molar-refractivity contribution < 1.29 is 0 Å². The first-order chi connectivity index (χ1) is 7.12. The van der Waals surface area contributed by atoms with Crippen LogP contribution in [-0.2, 0) is 0 Å². The van der Waals surface area contributed by atoms with Gasteiger partial charge in [-0.15, -0.1) is 0 Å². The highest BCUT2D eigenvalue weighted by Gasteiger charge is 2.44. The Kier molecular flexibility index (Phi) is 2.55. The molecule has 0 spiro atoms. The second-order valence-corrected chi connectivity index (χ2v) is 4.84. The van der Waals surface area contributed by atoms with Crippen LogP contribution in [0.15, 0.2) is 18.3 Å². The first-order valence-electron chi connectivity index (χ1n) is 5.58. The third kappa shape index (κ3) is 2.22. The molecule has 0 bridgehead atoms. The minimum absolute atomic E-state index is 0.526. The van der Waals surface area contributed by atoms with E-state index in [4.69, 9.17) is 5.73 Å². The van der Waals surface area contributed by atoms with Gasteiger partial charge in [-0.25, -0.2) is 4.98 Å². The summed E-state index contributed by atoms with van der Waals surface area (Å²) in [6.45, 7) is 5.65. The van der Waals surface area contributed by atoms with E-state index < -0.39 is 0 Å². The largest absolute Gasteiger partial charge is 0.384 e. The molecule has 0 amide bonds. The van der Waals surface area contributed by atoms with Crippen LogP contribution in [0.4, 0.5) is 11.5 Å². The molecule has 1 saturated carbocycles. The number of aromatic nitrogens is 1. The summed E-state index contributed by atoms with van der Waals surface area (Å²) in [4.78, 5) is 3.97. The van der Waals surface area contributed by atoms with Gasteiger partial charge in [0, 0.05) is 24.5 Å². The number of nitrogens with one attached hydrogen (secondary N) is 1. The van der Waals surface area contributed by atoms with Crippen LogP contribution in [0, 0.1) is 11.3 Å². The van der Waals surface area contributed by atoms with Crippen molar-refractivity contribution >= 4 is 11.5 Å². The zero-order valence-electron chi connectivity index (χ0n) is 9.46. The Morgan fingerprint density at radius 3 is 2.80 bits per heavy atom. The molecule has 1 aromatic rings. The van der Waals surface area contributed by atoms with Crippen LogP contribution in [0.1, 0.15) is 26.7 Å². The number of pyridine rings is 1. The van der Waals surface area contributed by atoms with Gasteiger partial charge in [-0.2, -0.15) is 0 Å². The lowest BCUT2D eigenvalue weighted by Gasteiger charge is -2.20. The van der Waals surface area contributed by atoms with E-state index in [1.807, 2.05) is 12.1 Å². The molecule has 0 radical (unpaired) electrons. The Balaban J connectivity index is 1.94. The summed E-state index contributed by atoms with van der Waals surface area (Å²) in [5.41, 5.74) is 7.23. The Bertz CT molecular complexity index is 342. The van der Waals surface area contributed by atoms with Crippen LogP contribution < -0.4 is 11.1 Å². The lowest BCUT2D eigenvalue weighted by atomic mass is 9.92. The van der Waals surface area contributed by atoms with Gasteiger partial charge in [-0.3, -0.25) is 0 Å². The van der Waals surface area contributed by atoms with E-state index in [0.717, 1.165) is 18.2 Å². The van der Waals surface area contributed by atoms with Gasteiger partial charge in [-0.1, -0.05) is 13.8 Å². The van der Waals surface area contributed by atoms with Crippen molar-refractivity contribution in [2.45, 2.75) is 26.7 Å². The van der Waals surface area contributed by atoms with Crippen molar-refractivity contribution in [2.24, 2.45) is 11.3 Å². The minimum Gasteiger partial charge on any atom is -0.384 e. The molecule has 0 aliphatic heterocycles. The molecule has 0 aromatic carbocycles. The molecule has 82 valence electrons. The first kappa shape index (κ1) is 10.3. The number of anilines is 2. The van der Waals surface area contributed by atoms with Crippen LogP contribution in [0.25, 0.3) is 0 Å². The molecular weight excluding hydrogens is 186 g/mol. The summed E-state index contributed by atoms with van der Waals surface area (Å²) in [6, 6.07) is 3.85. The smallest absolute Gasteiger partial charge is 0.125 e. The number of hydrogen-bond donors (Lipinski definition) is 2. The van der Waals surface area contributed by atoms with Gasteiger partial charge in [0.2, 0.25) is 0 Å². The SMILES string of the molecule is CC(C)C1(CNc2ccnc(N)c2)CC1. The number of nitrogens with zero attached hydrogens (tertiary/aromatic N) is 1. The quantitative estimate of drug-likeness (QED) is 0.794. The predicted molar refractivity (Wildman–Crippen MR) is 63.6 cm³/mol. The van der Waals surface area contributed by atoms with E-state index in [0.29, 0.717) is 11.2 Å². The molecule has 3 heteroatoms. The number of hydrogen-bond acceptors (Lipinski definition) is 3. The summed E-state index contributed by atoms with van der Waals surface area (Å²) >= 11 is 0. The van der Waals surface area contributed by atoms with E-state index in [1.165, 1.54) is 12.8 Å². The number of rotatable bonds is 4. The average Bonchev–Trinajstić information content (AvgIpc) is 2.96. The van der Waals surface area contributed by atoms with Crippen LogP contribution in [0.2, 0.25) is 0 Å². The topological polar surface area (TPSA) is 50.9 Å². The molecule has 1 aromatic heterocycles. The summed E-state index contributed by atoms with van der Waals surface area (Å²) in [5.74, 6) is 1.33. The third-order valence-electron chi connectivity index (χ3n) is 3.54. The molecule has 15 heavy (non-hydrogen) atoms. The molecule has 1 fully saturated rings. The Morgan fingerprint density at radius 2 is 2.27 bits per heavy atom. The molecule has 1 heterocycles. The summed E-state index contributed by atoms with van der Waals surface area (Å²) < 4.78 is 0. The summed E-state index contributed by atoms with van der Waals surface area (Å²) in [6.07, 6.45) is 4.43. The molecule has 0 atom stereocenters. The van der Waals surface area contributed by atoms with E-state index in [9.17, 15) is 0 Å². The maximum atomic E-state index is 5.62. The van der Waals surface area contributed by atoms with Crippen molar-refractivity contribution in [1.29, 1.82) is 0 Å². The molecule has 1 aliphatic rings. The van der Waals surface area contributed by atoms with Gasteiger partial charge in [0.1, 0.15) is 5.82 Å². The zero-order valence-corrected chi connectivity index (χ0v) is 9.46. The van der Waals surface area contributed by atoms with Crippen LogP contribution in [0.5, 0.6) is 0 Å². The highest BCUT2D eigenvalue weighted by Crippen LogP contribution is 2.51. The molecular formula is C12H19N3. The number of nitrogens with two attached hydrogens (primary N) is 1. The molecule has 2 rings (SSSR count). The highest BCUT2D eigenvalue weighted by atomic mass is 14.9. The fourth-order valence-corrected chi connectivity index (χ4v) is 1.96. The van der Waals surface area contributed by atoms with Gasteiger partial charge >= 0.3 is 0 Å². The molecule has 0 unspecified atom stereocenters. The van der Waals surface area contributed by atoms with Crippen LogP contribution >= 0.6 is 0 Å². The van der Waals surface area contributed by atoms with E-state index in [2.05, 4.69) is 24.1 Å². The summed E-state index contributed by atoms with van der Waals surface area (Å²) in [7, 11) is 0. The highest BCUT2D eigenvalue weighted by molar-refractivity contribution is 5.49. The zero-order chi connectivity index (χ0) is 10.9. The second kappa shape index (κ2) is 3.72. The normalized spacial score (nSPS) is 17.8. The average molecular weight is 205 g/mol. The predicted octanol–water partition coefficient (Wildman–Crippen LogP) is 2.51. The van der Waals surface area contributed by atoms with Gasteiger partial charge in [0.05, 0.1) is 0 Å². The minimum atomic E-state index is 0.526. The van der Waals surface area contributed by atoms with E-state index in [-0.39, 0.29) is 0 Å². The summed E-state index contributed by atoms with van der Waals surface area (Å²) in [5, 5.41) is 3.45. The van der Waals surface area contributed by atoms with Crippen molar-refractivity contribution in [2.75, 3.05) is 17.6 Å². The second-order valence-electron chi connectivity index (χ2n) is 4.84. The standard InChI is InChI=1S/C12H19N3/c1-9(2)12(4-5-12)8-15-10-3-6-14-11(13)7-10/h3,6-7,9H,4-5,8H2,1-2H3,(H3,13,14,15). The molecule has 1 aliphatic carbocycles. The van der Waals surface area contributed by atoms with Gasteiger partial charge < -0.3 is 11.1 Å². The fourth-order valence-electron chi connectivity index (χ4n) is 1.96.